The van der Waals surface area contributed by atoms with Crippen LogP contribution in [0.25, 0.3) is 10.8 Å². The van der Waals surface area contributed by atoms with Gasteiger partial charge in [0, 0.05) is 0 Å². The number of benzene rings is 3. The fourth-order valence-electron chi connectivity index (χ4n) is 3.47. The van der Waals surface area contributed by atoms with Gasteiger partial charge in [0.1, 0.15) is 0 Å². The van der Waals surface area contributed by atoms with Gasteiger partial charge in [-0.1, -0.05) is 56.3 Å². The van der Waals surface area contributed by atoms with Crippen molar-refractivity contribution in [3.05, 3.63) is 82.7 Å². The van der Waals surface area contributed by atoms with E-state index in [1.54, 1.807) is 43.0 Å². The standard InChI is InChI=1S/C21H18F5N/c1-3-27(4-2)21(14-11-7-9-12-8-5-6-10-13(12)14)15-16(22)18(24)20(26)19(25)17(15)23/h5-11,21H,3-4H2,1-2H3. The predicted molar refractivity (Wildman–Crippen MR) is 94.9 cm³/mol. The molecule has 0 fully saturated rings. The van der Waals surface area contributed by atoms with E-state index < -0.39 is 40.7 Å². The minimum Gasteiger partial charge on any atom is -0.293 e. The van der Waals surface area contributed by atoms with Crippen LogP contribution in [0.4, 0.5) is 22.0 Å². The van der Waals surface area contributed by atoms with Crippen LogP contribution in [-0.4, -0.2) is 18.0 Å². The number of fused-ring (bicyclic) bond motifs is 1. The van der Waals surface area contributed by atoms with E-state index in [0.29, 0.717) is 24.0 Å². The summed E-state index contributed by atoms with van der Waals surface area (Å²) < 4.78 is 70.6. The van der Waals surface area contributed by atoms with Gasteiger partial charge in [-0.25, -0.2) is 22.0 Å². The van der Waals surface area contributed by atoms with E-state index in [2.05, 4.69) is 0 Å². The molecule has 0 bridgehead atoms. The molecule has 0 aromatic heterocycles. The van der Waals surface area contributed by atoms with Crippen LogP contribution in [-0.2, 0) is 0 Å². The van der Waals surface area contributed by atoms with Gasteiger partial charge >= 0.3 is 0 Å². The van der Waals surface area contributed by atoms with Crippen molar-refractivity contribution in [2.45, 2.75) is 19.9 Å². The van der Waals surface area contributed by atoms with Crippen LogP contribution in [0.3, 0.4) is 0 Å². The molecule has 0 spiro atoms. The molecule has 0 aliphatic heterocycles. The fourth-order valence-corrected chi connectivity index (χ4v) is 3.47. The summed E-state index contributed by atoms with van der Waals surface area (Å²) in [5.41, 5.74) is -0.341. The van der Waals surface area contributed by atoms with Gasteiger partial charge in [-0.05, 0) is 29.4 Å². The van der Waals surface area contributed by atoms with Crippen LogP contribution in [0.15, 0.2) is 42.5 Å². The number of hydrogen-bond acceptors (Lipinski definition) is 1. The van der Waals surface area contributed by atoms with E-state index in [4.69, 9.17) is 0 Å². The minimum absolute atomic E-state index is 0.365. The second-order valence-corrected chi connectivity index (χ2v) is 6.18. The second kappa shape index (κ2) is 7.64. The second-order valence-electron chi connectivity index (χ2n) is 6.18. The topological polar surface area (TPSA) is 3.24 Å². The molecular weight excluding hydrogens is 361 g/mol. The van der Waals surface area contributed by atoms with Gasteiger partial charge in [0.25, 0.3) is 0 Å². The highest BCUT2D eigenvalue weighted by atomic mass is 19.2. The first-order valence-electron chi connectivity index (χ1n) is 8.65. The van der Waals surface area contributed by atoms with Gasteiger partial charge in [0.05, 0.1) is 11.6 Å². The lowest BCUT2D eigenvalue weighted by molar-refractivity contribution is 0.235. The van der Waals surface area contributed by atoms with Crippen LogP contribution >= 0.6 is 0 Å². The molecular formula is C21H18F5N. The molecule has 0 amide bonds. The van der Waals surface area contributed by atoms with Crippen molar-refractivity contribution in [1.82, 2.24) is 4.90 Å². The maximum Gasteiger partial charge on any atom is 0.200 e. The summed E-state index contributed by atoms with van der Waals surface area (Å²) in [5, 5.41) is 1.51. The van der Waals surface area contributed by atoms with E-state index >= 15 is 0 Å². The van der Waals surface area contributed by atoms with Crippen molar-refractivity contribution in [3.8, 4) is 0 Å². The Balaban J connectivity index is 2.38. The zero-order valence-corrected chi connectivity index (χ0v) is 14.9. The van der Waals surface area contributed by atoms with E-state index in [1.165, 1.54) is 0 Å². The van der Waals surface area contributed by atoms with Crippen molar-refractivity contribution in [1.29, 1.82) is 0 Å². The molecule has 3 aromatic rings. The Labute approximate surface area is 154 Å². The first-order chi connectivity index (χ1) is 12.9. The largest absolute Gasteiger partial charge is 0.293 e. The Kier molecular flexibility index (Phi) is 5.46. The van der Waals surface area contributed by atoms with Crippen LogP contribution < -0.4 is 0 Å². The average molecular weight is 379 g/mol. The van der Waals surface area contributed by atoms with Gasteiger partial charge in [-0.2, -0.15) is 0 Å². The van der Waals surface area contributed by atoms with Crippen molar-refractivity contribution < 1.29 is 22.0 Å². The quantitative estimate of drug-likeness (QED) is 0.300. The number of rotatable bonds is 5. The number of hydrogen-bond donors (Lipinski definition) is 0. The van der Waals surface area contributed by atoms with Crippen molar-refractivity contribution in [2.75, 3.05) is 13.1 Å². The molecule has 142 valence electrons. The summed E-state index contributed by atoms with van der Waals surface area (Å²) >= 11 is 0. The smallest absolute Gasteiger partial charge is 0.200 e. The van der Waals surface area contributed by atoms with Gasteiger partial charge in [0.15, 0.2) is 23.3 Å². The average Bonchev–Trinajstić information content (AvgIpc) is 2.70. The van der Waals surface area contributed by atoms with E-state index in [1.807, 2.05) is 18.2 Å². The Morgan fingerprint density at radius 1 is 0.704 bits per heavy atom. The van der Waals surface area contributed by atoms with Crippen LogP contribution in [0, 0.1) is 29.1 Å². The molecule has 1 atom stereocenters. The molecule has 27 heavy (non-hydrogen) atoms. The number of halogens is 5. The molecule has 1 nitrogen and oxygen atoms in total. The highest BCUT2D eigenvalue weighted by Crippen LogP contribution is 2.38. The van der Waals surface area contributed by atoms with Crippen LogP contribution in [0.2, 0.25) is 0 Å². The zero-order chi connectivity index (χ0) is 19.7. The summed E-state index contributed by atoms with van der Waals surface area (Å²) in [4.78, 5) is 1.67. The molecule has 0 saturated carbocycles. The van der Waals surface area contributed by atoms with E-state index in [-0.39, 0.29) is 0 Å². The molecule has 0 heterocycles. The third-order valence-corrected chi connectivity index (χ3v) is 4.81. The highest BCUT2D eigenvalue weighted by molar-refractivity contribution is 5.86. The maximum atomic E-state index is 14.6. The van der Waals surface area contributed by atoms with Crippen molar-refractivity contribution in [3.63, 3.8) is 0 Å². The molecule has 6 heteroatoms. The molecule has 0 radical (unpaired) electrons. The molecule has 3 aromatic carbocycles. The third-order valence-electron chi connectivity index (χ3n) is 4.81. The lowest BCUT2D eigenvalue weighted by Crippen LogP contribution is -2.31. The van der Waals surface area contributed by atoms with Gasteiger partial charge in [0.2, 0.25) is 5.82 Å². The SMILES string of the molecule is CCN(CC)C(c1c(F)c(F)c(F)c(F)c1F)c1cccc2ccccc12. The minimum atomic E-state index is -2.15. The van der Waals surface area contributed by atoms with E-state index in [9.17, 15) is 22.0 Å². The molecule has 0 aliphatic rings. The van der Waals surface area contributed by atoms with Gasteiger partial charge in [-0.3, -0.25) is 4.90 Å². The van der Waals surface area contributed by atoms with E-state index in [0.717, 1.165) is 5.39 Å². The summed E-state index contributed by atoms with van der Waals surface area (Å²) in [6.07, 6.45) is 0. The van der Waals surface area contributed by atoms with Gasteiger partial charge in [-0.15, -0.1) is 0 Å². The Morgan fingerprint density at radius 3 is 1.81 bits per heavy atom. The van der Waals surface area contributed by atoms with Crippen molar-refractivity contribution >= 4 is 10.8 Å². The summed E-state index contributed by atoms with van der Waals surface area (Å²) in [6.45, 7) is 4.27. The number of nitrogens with zero attached hydrogens (tertiary/aromatic N) is 1. The summed E-state index contributed by atoms with van der Waals surface area (Å²) in [6, 6.07) is 11.3. The molecule has 0 saturated heterocycles. The lowest BCUT2D eigenvalue weighted by Gasteiger charge is -2.32. The highest BCUT2D eigenvalue weighted by Gasteiger charge is 2.34. The first kappa shape index (κ1) is 19.3. The van der Waals surface area contributed by atoms with Crippen LogP contribution in [0.5, 0.6) is 0 Å². The maximum absolute atomic E-state index is 14.6. The third kappa shape index (κ3) is 3.18. The molecule has 1 unspecified atom stereocenters. The van der Waals surface area contributed by atoms with Crippen LogP contribution in [0.1, 0.15) is 31.0 Å². The molecule has 3 rings (SSSR count). The van der Waals surface area contributed by atoms with Crippen molar-refractivity contribution in [2.24, 2.45) is 0 Å². The normalized spacial score (nSPS) is 12.7. The fraction of sp³-hybridized carbons (Fsp3) is 0.238. The van der Waals surface area contributed by atoms with Gasteiger partial charge < -0.3 is 0 Å². The lowest BCUT2D eigenvalue weighted by atomic mass is 9.91. The molecule has 0 aliphatic carbocycles. The predicted octanol–water partition coefficient (Wildman–Crippen LogP) is 5.97. The Bertz CT molecular complexity index is 947. The first-order valence-corrected chi connectivity index (χ1v) is 8.65. The zero-order valence-electron chi connectivity index (χ0n) is 14.9. The summed E-state index contributed by atoms with van der Waals surface area (Å²) in [7, 11) is 0. The Hall–Kier alpha value is -2.47. The molecule has 0 N–H and O–H groups in total. The monoisotopic (exact) mass is 379 g/mol. The Morgan fingerprint density at radius 2 is 1.22 bits per heavy atom. The summed E-state index contributed by atoms with van der Waals surface area (Å²) in [5.74, 6) is -9.60.